The van der Waals surface area contributed by atoms with E-state index in [1.807, 2.05) is 0 Å². The Hall–Kier alpha value is -3.42. The molecular formula is C24H18ClF6N3O3S. The van der Waals surface area contributed by atoms with Crippen molar-refractivity contribution >= 4 is 43.9 Å². The normalized spacial score (nSPS) is 12.6. The molecule has 0 amide bonds. The predicted molar refractivity (Wildman–Crippen MR) is 130 cm³/mol. The van der Waals surface area contributed by atoms with Crippen molar-refractivity contribution in [3.05, 3.63) is 83.0 Å². The Balaban J connectivity index is 1.74. The quantitative estimate of drug-likeness (QED) is 0.234. The Bertz CT molecular complexity index is 1580. The first-order chi connectivity index (χ1) is 17.7. The SMILES string of the molecule is CNCc1cn(S(=O)(=O)c2ccc(OC(F)(F)F)cc2)c2cc(Nc3ccc(C(F)(F)F)cc3Cl)ccc12. The molecule has 202 valence electrons. The Morgan fingerprint density at radius 2 is 1.63 bits per heavy atom. The van der Waals surface area contributed by atoms with E-state index in [-0.39, 0.29) is 21.1 Å². The minimum atomic E-state index is -4.93. The number of anilines is 2. The van der Waals surface area contributed by atoms with Crippen LogP contribution in [0.2, 0.25) is 5.02 Å². The van der Waals surface area contributed by atoms with E-state index in [0.29, 0.717) is 23.2 Å². The summed E-state index contributed by atoms with van der Waals surface area (Å²) in [5, 5.41) is 6.18. The fourth-order valence-corrected chi connectivity index (χ4v) is 5.36. The highest BCUT2D eigenvalue weighted by molar-refractivity contribution is 7.90. The van der Waals surface area contributed by atoms with Crippen molar-refractivity contribution in [1.29, 1.82) is 0 Å². The van der Waals surface area contributed by atoms with Gasteiger partial charge in [0, 0.05) is 23.8 Å². The number of hydrogen-bond donors (Lipinski definition) is 2. The average molecular weight is 578 g/mol. The third-order valence-electron chi connectivity index (χ3n) is 5.41. The fraction of sp³-hybridized carbons (Fsp3) is 0.167. The minimum Gasteiger partial charge on any atom is -0.406 e. The van der Waals surface area contributed by atoms with Gasteiger partial charge in [-0.2, -0.15) is 13.2 Å². The highest BCUT2D eigenvalue weighted by Crippen LogP contribution is 2.36. The van der Waals surface area contributed by atoms with Crippen molar-refractivity contribution in [2.45, 2.75) is 24.0 Å². The van der Waals surface area contributed by atoms with Crippen LogP contribution in [0.25, 0.3) is 10.9 Å². The summed E-state index contributed by atoms with van der Waals surface area (Å²) in [6.45, 7) is 0.300. The molecule has 1 heterocycles. The lowest BCUT2D eigenvalue weighted by Gasteiger charge is -2.13. The molecule has 0 saturated heterocycles. The number of alkyl halides is 6. The van der Waals surface area contributed by atoms with Crippen LogP contribution >= 0.6 is 11.6 Å². The molecule has 4 aromatic rings. The van der Waals surface area contributed by atoms with Crippen LogP contribution in [-0.4, -0.2) is 25.8 Å². The molecule has 0 fully saturated rings. The monoisotopic (exact) mass is 577 g/mol. The molecule has 38 heavy (non-hydrogen) atoms. The van der Waals surface area contributed by atoms with Crippen LogP contribution in [0, 0.1) is 0 Å². The lowest BCUT2D eigenvalue weighted by Crippen LogP contribution is -2.17. The molecule has 1 aromatic heterocycles. The van der Waals surface area contributed by atoms with Crippen LogP contribution in [-0.2, 0) is 22.7 Å². The van der Waals surface area contributed by atoms with E-state index in [2.05, 4.69) is 15.4 Å². The largest absolute Gasteiger partial charge is 0.573 e. The Morgan fingerprint density at radius 1 is 0.947 bits per heavy atom. The molecule has 3 aromatic carbocycles. The molecule has 2 N–H and O–H groups in total. The van der Waals surface area contributed by atoms with Crippen molar-refractivity contribution in [1.82, 2.24) is 9.29 Å². The molecule has 0 radical (unpaired) electrons. The summed E-state index contributed by atoms with van der Waals surface area (Å²) in [5.41, 5.74) is 0.405. The van der Waals surface area contributed by atoms with E-state index in [9.17, 15) is 34.8 Å². The first-order valence-electron chi connectivity index (χ1n) is 10.7. The van der Waals surface area contributed by atoms with Crippen LogP contribution in [0.5, 0.6) is 5.75 Å². The fourth-order valence-electron chi connectivity index (χ4n) is 3.75. The van der Waals surface area contributed by atoms with Crippen molar-refractivity contribution in [2.75, 3.05) is 12.4 Å². The van der Waals surface area contributed by atoms with Gasteiger partial charge in [-0.25, -0.2) is 12.4 Å². The second-order valence-corrected chi connectivity index (χ2v) is 10.3. The van der Waals surface area contributed by atoms with E-state index in [0.717, 1.165) is 46.4 Å². The smallest absolute Gasteiger partial charge is 0.406 e. The molecular weight excluding hydrogens is 560 g/mol. The molecule has 0 bridgehead atoms. The van der Waals surface area contributed by atoms with Crippen LogP contribution in [0.4, 0.5) is 37.7 Å². The number of benzene rings is 3. The highest BCUT2D eigenvalue weighted by atomic mass is 35.5. The molecule has 6 nitrogen and oxygen atoms in total. The van der Waals surface area contributed by atoms with Gasteiger partial charge in [0.2, 0.25) is 0 Å². The number of aromatic nitrogens is 1. The van der Waals surface area contributed by atoms with Gasteiger partial charge >= 0.3 is 12.5 Å². The zero-order valence-corrected chi connectivity index (χ0v) is 20.9. The zero-order chi connectivity index (χ0) is 27.9. The third kappa shape index (κ3) is 5.84. The Morgan fingerprint density at radius 3 is 2.21 bits per heavy atom. The highest BCUT2D eigenvalue weighted by Gasteiger charge is 2.32. The number of rotatable bonds is 7. The number of halogens is 7. The summed E-state index contributed by atoms with van der Waals surface area (Å²) < 4.78 is 108. The van der Waals surface area contributed by atoms with Crippen LogP contribution in [0.3, 0.4) is 0 Å². The zero-order valence-electron chi connectivity index (χ0n) is 19.3. The second kappa shape index (κ2) is 10.0. The second-order valence-electron chi connectivity index (χ2n) is 8.05. The van der Waals surface area contributed by atoms with Crippen LogP contribution in [0.15, 0.2) is 71.8 Å². The van der Waals surface area contributed by atoms with Crippen molar-refractivity contribution in [3.8, 4) is 5.75 Å². The van der Waals surface area contributed by atoms with Gasteiger partial charge in [-0.3, -0.25) is 0 Å². The van der Waals surface area contributed by atoms with Gasteiger partial charge < -0.3 is 15.4 Å². The summed E-state index contributed by atoms with van der Waals surface area (Å²) in [7, 11) is -2.60. The Labute approximate surface area is 217 Å². The lowest BCUT2D eigenvalue weighted by atomic mass is 10.1. The lowest BCUT2D eigenvalue weighted by molar-refractivity contribution is -0.274. The van der Waals surface area contributed by atoms with Crippen molar-refractivity contribution in [2.24, 2.45) is 0 Å². The minimum absolute atomic E-state index is 0.163. The van der Waals surface area contributed by atoms with E-state index in [4.69, 9.17) is 11.6 Å². The number of hydrogen-bond acceptors (Lipinski definition) is 5. The Kier molecular flexibility index (Phi) is 7.30. The van der Waals surface area contributed by atoms with Gasteiger partial charge in [0.15, 0.2) is 0 Å². The van der Waals surface area contributed by atoms with Crippen molar-refractivity contribution < 1.29 is 39.5 Å². The molecule has 0 aliphatic heterocycles. The van der Waals surface area contributed by atoms with Gasteiger partial charge in [-0.1, -0.05) is 17.7 Å². The maximum absolute atomic E-state index is 13.4. The molecule has 14 heteroatoms. The van der Waals surface area contributed by atoms with Crippen molar-refractivity contribution in [3.63, 3.8) is 0 Å². The summed E-state index contributed by atoms with van der Waals surface area (Å²) >= 11 is 6.03. The first-order valence-corrected chi connectivity index (χ1v) is 12.5. The van der Waals surface area contributed by atoms with Gasteiger partial charge in [0.25, 0.3) is 10.0 Å². The van der Waals surface area contributed by atoms with Crippen LogP contribution in [0.1, 0.15) is 11.1 Å². The average Bonchev–Trinajstić information content (AvgIpc) is 3.18. The maximum atomic E-state index is 13.4. The number of ether oxygens (including phenoxy) is 1. The molecule has 0 unspecified atom stereocenters. The van der Waals surface area contributed by atoms with E-state index >= 15 is 0 Å². The number of fused-ring (bicyclic) bond motifs is 1. The molecule has 0 saturated carbocycles. The standard InChI is InChI=1S/C24H18ClF6N3O3S/c1-32-12-14-13-34(38(35,36)18-6-4-17(5-7-18)37-24(29,30)31)22-11-16(3-8-19(14)22)33-21-9-2-15(10-20(21)25)23(26,27)28/h2-11,13,32-33H,12H2,1H3. The summed E-state index contributed by atoms with van der Waals surface area (Å²) in [6, 6.07) is 11.3. The summed E-state index contributed by atoms with van der Waals surface area (Å²) in [5.74, 6) is -0.579. The van der Waals surface area contributed by atoms with E-state index < -0.39 is 33.9 Å². The molecule has 0 atom stereocenters. The van der Waals surface area contributed by atoms with Gasteiger partial charge in [0.05, 0.1) is 26.7 Å². The molecule has 0 spiro atoms. The van der Waals surface area contributed by atoms with Gasteiger partial charge in [0.1, 0.15) is 5.75 Å². The van der Waals surface area contributed by atoms with Gasteiger partial charge in [-0.15, -0.1) is 13.2 Å². The topological polar surface area (TPSA) is 72.4 Å². The number of nitrogens with zero attached hydrogens (tertiary/aromatic N) is 1. The molecule has 4 rings (SSSR count). The van der Waals surface area contributed by atoms with E-state index in [1.165, 1.54) is 12.3 Å². The molecule has 0 aliphatic rings. The van der Waals surface area contributed by atoms with E-state index in [1.54, 1.807) is 19.2 Å². The predicted octanol–water partition coefficient (Wildman–Crippen LogP) is 6.91. The van der Waals surface area contributed by atoms with Gasteiger partial charge in [-0.05, 0) is 67.2 Å². The maximum Gasteiger partial charge on any atom is 0.573 e. The third-order valence-corrected chi connectivity index (χ3v) is 7.41. The molecule has 0 aliphatic carbocycles. The van der Waals surface area contributed by atoms with Crippen LogP contribution < -0.4 is 15.4 Å². The summed E-state index contributed by atoms with van der Waals surface area (Å²) in [4.78, 5) is -0.288. The summed E-state index contributed by atoms with van der Waals surface area (Å²) in [6.07, 6.45) is -8.12. The number of nitrogens with one attached hydrogen (secondary N) is 2. The first kappa shape index (κ1) is 27.6.